The third kappa shape index (κ3) is 1.99. The summed E-state index contributed by atoms with van der Waals surface area (Å²) in [6, 6.07) is 11.4. The average molecular weight is 261 g/mol. The van der Waals surface area contributed by atoms with E-state index in [1.54, 1.807) is 29.3 Å². The van der Waals surface area contributed by atoms with E-state index in [-0.39, 0.29) is 0 Å². The van der Waals surface area contributed by atoms with Gasteiger partial charge >= 0.3 is 0 Å². The zero-order valence-electron chi connectivity index (χ0n) is 10.6. The summed E-state index contributed by atoms with van der Waals surface area (Å²) in [4.78, 5) is 4.03. The van der Waals surface area contributed by atoms with Crippen molar-refractivity contribution in [3.8, 4) is 22.9 Å². The Balaban J connectivity index is 2.08. The van der Waals surface area contributed by atoms with E-state index in [9.17, 15) is 0 Å². The molecule has 2 aromatic heterocycles. The first-order valence-corrected chi connectivity index (χ1v) is 6.03. The number of pyridine rings is 1. The fourth-order valence-electron chi connectivity index (χ4n) is 2.02. The van der Waals surface area contributed by atoms with Gasteiger partial charge in [-0.15, -0.1) is 0 Å². The lowest BCUT2D eigenvalue weighted by molar-refractivity contribution is 0.870. The molecule has 3 rings (SSSR count). The van der Waals surface area contributed by atoms with Gasteiger partial charge < -0.3 is 5.73 Å². The lowest BCUT2D eigenvalue weighted by atomic mass is 10.1. The quantitative estimate of drug-likeness (QED) is 0.718. The number of hydrogen-bond acceptors (Lipinski definition) is 4. The standard InChI is InChI=1S/C15H11N5/c16-7-11-5-6-18-9-15(11)20-10-12(8-19-20)13-3-1-2-4-14(13)17/h1-6,8-10H,17H2. The van der Waals surface area contributed by atoms with Gasteiger partial charge in [-0.25, -0.2) is 4.68 Å². The first kappa shape index (κ1) is 11.9. The Labute approximate surface area is 115 Å². The Morgan fingerprint density at radius 1 is 1.15 bits per heavy atom. The highest BCUT2D eigenvalue weighted by atomic mass is 15.3. The van der Waals surface area contributed by atoms with E-state index in [1.807, 2.05) is 30.5 Å². The van der Waals surface area contributed by atoms with E-state index in [0.717, 1.165) is 11.1 Å². The van der Waals surface area contributed by atoms with E-state index >= 15 is 0 Å². The maximum absolute atomic E-state index is 9.11. The van der Waals surface area contributed by atoms with E-state index in [4.69, 9.17) is 11.0 Å². The molecule has 0 aliphatic rings. The van der Waals surface area contributed by atoms with Crippen molar-refractivity contribution in [1.82, 2.24) is 14.8 Å². The highest BCUT2D eigenvalue weighted by Gasteiger charge is 2.08. The average Bonchev–Trinajstić information content (AvgIpc) is 2.97. The summed E-state index contributed by atoms with van der Waals surface area (Å²) in [5, 5.41) is 13.4. The van der Waals surface area contributed by atoms with Gasteiger partial charge in [0.15, 0.2) is 0 Å². The normalized spacial score (nSPS) is 10.2. The number of aromatic nitrogens is 3. The molecule has 5 heteroatoms. The zero-order valence-corrected chi connectivity index (χ0v) is 10.6. The van der Waals surface area contributed by atoms with E-state index < -0.39 is 0 Å². The van der Waals surface area contributed by atoms with Gasteiger partial charge in [-0.1, -0.05) is 18.2 Å². The van der Waals surface area contributed by atoms with Crippen LogP contribution in [0.15, 0.2) is 55.1 Å². The molecule has 0 amide bonds. The molecule has 1 aromatic carbocycles. The Bertz CT molecular complexity index is 798. The number of nitrogens with zero attached hydrogens (tertiary/aromatic N) is 4. The molecule has 0 aliphatic carbocycles. The molecule has 0 bridgehead atoms. The lowest BCUT2D eigenvalue weighted by Crippen LogP contribution is -1.98. The van der Waals surface area contributed by atoms with Crippen molar-refractivity contribution in [3.63, 3.8) is 0 Å². The number of nitrogens with two attached hydrogens (primary N) is 1. The summed E-state index contributed by atoms with van der Waals surface area (Å²) >= 11 is 0. The van der Waals surface area contributed by atoms with Crippen LogP contribution >= 0.6 is 0 Å². The van der Waals surface area contributed by atoms with Gasteiger partial charge in [0.1, 0.15) is 11.8 Å². The lowest BCUT2D eigenvalue weighted by Gasteiger charge is -2.03. The number of para-hydroxylation sites is 1. The molecule has 0 atom stereocenters. The summed E-state index contributed by atoms with van der Waals surface area (Å²) in [6.45, 7) is 0. The van der Waals surface area contributed by atoms with E-state index in [1.165, 1.54) is 0 Å². The Kier molecular flexibility index (Phi) is 2.90. The molecular weight excluding hydrogens is 250 g/mol. The molecule has 0 radical (unpaired) electrons. The van der Waals surface area contributed by atoms with Gasteiger partial charge in [-0.2, -0.15) is 10.4 Å². The molecule has 0 saturated heterocycles. The van der Waals surface area contributed by atoms with Crippen LogP contribution in [-0.4, -0.2) is 14.8 Å². The van der Waals surface area contributed by atoms with Gasteiger partial charge in [-0.3, -0.25) is 4.98 Å². The minimum absolute atomic E-state index is 0.524. The Morgan fingerprint density at radius 3 is 2.80 bits per heavy atom. The monoisotopic (exact) mass is 261 g/mol. The van der Waals surface area contributed by atoms with Crippen LogP contribution in [0.1, 0.15) is 5.56 Å². The predicted octanol–water partition coefficient (Wildman–Crippen LogP) is 2.39. The van der Waals surface area contributed by atoms with Gasteiger partial charge in [0, 0.05) is 29.2 Å². The first-order valence-electron chi connectivity index (χ1n) is 6.03. The molecule has 0 spiro atoms. The van der Waals surface area contributed by atoms with Crippen molar-refractivity contribution in [1.29, 1.82) is 5.26 Å². The number of nitriles is 1. The molecule has 2 N–H and O–H groups in total. The zero-order chi connectivity index (χ0) is 13.9. The topological polar surface area (TPSA) is 80.5 Å². The van der Waals surface area contributed by atoms with Gasteiger partial charge in [0.05, 0.1) is 18.0 Å². The SMILES string of the molecule is N#Cc1ccncc1-n1cc(-c2ccccc2N)cn1. The van der Waals surface area contributed by atoms with Gasteiger partial charge in [-0.05, 0) is 12.1 Å². The third-order valence-corrected chi connectivity index (χ3v) is 3.02. The molecule has 20 heavy (non-hydrogen) atoms. The third-order valence-electron chi connectivity index (χ3n) is 3.02. The van der Waals surface area contributed by atoms with Crippen LogP contribution in [0.25, 0.3) is 16.8 Å². The molecule has 0 unspecified atom stereocenters. The fraction of sp³-hybridized carbons (Fsp3) is 0. The number of anilines is 1. The Morgan fingerprint density at radius 2 is 2.00 bits per heavy atom. The summed E-state index contributed by atoms with van der Waals surface area (Å²) in [5.41, 5.74) is 9.64. The molecule has 2 heterocycles. The number of benzene rings is 1. The molecule has 3 aromatic rings. The minimum Gasteiger partial charge on any atom is -0.398 e. The van der Waals surface area contributed by atoms with Crippen LogP contribution in [-0.2, 0) is 0 Å². The van der Waals surface area contributed by atoms with Gasteiger partial charge in [0.25, 0.3) is 0 Å². The minimum atomic E-state index is 0.524. The summed E-state index contributed by atoms with van der Waals surface area (Å²) in [5.74, 6) is 0. The molecule has 96 valence electrons. The number of nitrogen functional groups attached to an aromatic ring is 1. The molecule has 5 nitrogen and oxygen atoms in total. The maximum atomic E-state index is 9.11. The Hall–Kier alpha value is -3.13. The van der Waals surface area contributed by atoms with Crippen molar-refractivity contribution >= 4 is 5.69 Å². The van der Waals surface area contributed by atoms with Crippen LogP contribution in [0.5, 0.6) is 0 Å². The van der Waals surface area contributed by atoms with Crippen molar-refractivity contribution in [3.05, 3.63) is 60.7 Å². The summed E-state index contributed by atoms with van der Waals surface area (Å²) < 4.78 is 1.63. The molecular formula is C15H11N5. The highest BCUT2D eigenvalue weighted by Crippen LogP contribution is 2.25. The van der Waals surface area contributed by atoms with Crippen LogP contribution in [0.3, 0.4) is 0 Å². The van der Waals surface area contributed by atoms with Crippen LogP contribution < -0.4 is 5.73 Å². The van der Waals surface area contributed by atoms with Crippen LogP contribution in [0.2, 0.25) is 0 Å². The second-order valence-corrected chi connectivity index (χ2v) is 4.27. The first-order chi connectivity index (χ1) is 9.79. The second kappa shape index (κ2) is 4.86. The van der Waals surface area contributed by atoms with Crippen molar-refractivity contribution in [2.75, 3.05) is 5.73 Å². The number of rotatable bonds is 2. The summed E-state index contributed by atoms with van der Waals surface area (Å²) in [7, 11) is 0. The predicted molar refractivity (Wildman–Crippen MR) is 75.9 cm³/mol. The second-order valence-electron chi connectivity index (χ2n) is 4.27. The van der Waals surface area contributed by atoms with Crippen molar-refractivity contribution in [2.45, 2.75) is 0 Å². The summed E-state index contributed by atoms with van der Waals surface area (Å²) in [6.07, 6.45) is 6.76. The molecule has 0 aliphatic heterocycles. The fourth-order valence-corrected chi connectivity index (χ4v) is 2.02. The van der Waals surface area contributed by atoms with Crippen LogP contribution in [0, 0.1) is 11.3 Å². The van der Waals surface area contributed by atoms with Crippen molar-refractivity contribution < 1.29 is 0 Å². The van der Waals surface area contributed by atoms with E-state index in [2.05, 4.69) is 16.2 Å². The largest absolute Gasteiger partial charge is 0.398 e. The molecule has 0 fully saturated rings. The number of hydrogen-bond donors (Lipinski definition) is 1. The highest BCUT2D eigenvalue weighted by molar-refractivity contribution is 5.75. The van der Waals surface area contributed by atoms with Crippen molar-refractivity contribution in [2.24, 2.45) is 0 Å². The van der Waals surface area contributed by atoms with E-state index in [0.29, 0.717) is 16.9 Å². The smallest absolute Gasteiger partial charge is 0.102 e. The molecule has 0 saturated carbocycles. The van der Waals surface area contributed by atoms with Crippen LogP contribution in [0.4, 0.5) is 5.69 Å². The van der Waals surface area contributed by atoms with Gasteiger partial charge in [0.2, 0.25) is 0 Å². The maximum Gasteiger partial charge on any atom is 0.102 e.